The van der Waals surface area contributed by atoms with Gasteiger partial charge in [0.25, 0.3) is 0 Å². The first-order valence-corrected chi connectivity index (χ1v) is 12.7. The van der Waals surface area contributed by atoms with Crippen LogP contribution in [0.2, 0.25) is 0 Å². The van der Waals surface area contributed by atoms with Crippen LogP contribution in [0.4, 0.5) is 0 Å². The molecule has 0 atom stereocenters. The summed E-state index contributed by atoms with van der Waals surface area (Å²) in [7, 11) is 0. The van der Waals surface area contributed by atoms with E-state index in [0.717, 1.165) is 0 Å². The molecule has 14 heteroatoms. The Balaban J connectivity index is 2.05. The molecule has 2 aromatic heterocycles. The van der Waals surface area contributed by atoms with Gasteiger partial charge >= 0.3 is 11.9 Å². The summed E-state index contributed by atoms with van der Waals surface area (Å²) < 4.78 is 23.3. The van der Waals surface area contributed by atoms with Crippen molar-refractivity contribution in [1.29, 1.82) is 0 Å². The summed E-state index contributed by atoms with van der Waals surface area (Å²) in [5.41, 5.74) is 0.515. The zero-order valence-corrected chi connectivity index (χ0v) is 22.8. The van der Waals surface area contributed by atoms with Gasteiger partial charge in [0, 0.05) is 38.1 Å². The highest BCUT2D eigenvalue weighted by atomic mass is 16.5. The maximum absolute atomic E-state index is 12.3. The van der Waals surface area contributed by atoms with Gasteiger partial charge in [-0.3, -0.25) is 9.59 Å². The van der Waals surface area contributed by atoms with Crippen molar-refractivity contribution in [3.8, 4) is 11.5 Å². The molecular weight excluding hydrogens is 552 g/mol. The van der Waals surface area contributed by atoms with Crippen LogP contribution in [0.3, 0.4) is 0 Å². The predicted octanol–water partition coefficient (Wildman–Crippen LogP) is 3.79. The van der Waals surface area contributed by atoms with Crippen LogP contribution in [0.15, 0.2) is 43.1 Å². The largest absolute Gasteiger partial charge is 0.493 e. The fraction of sp³-hybridized carbons (Fsp3) is 0.214. The number of benzene rings is 3. The van der Waals surface area contributed by atoms with Crippen LogP contribution in [-0.4, -0.2) is 57.1 Å². The van der Waals surface area contributed by atoms with Crippen LogP contribution in [0.25, 0.3) is 44.4 Å². The van der Waals surface area contributed by atoms with Crippen LogP contribution in [0.1, 0.15) is 48.4 Å². The van der Waals surface area contributed by atoms with E-state index in [1.807, 2.05) is 0 Å². The molecule has 0 aliphatic heterocycles. The van der Waals surface area contributed by atoms with Gasteiger partial charge in [0.15, 0.2) is 22.3 Å². The second-order valence-corrected chi connectivity index (χ2v) is 8.99. The number of H-pyrrole nitrogens is 2. The maximum Gasteiger partial charge on any atom is 0.339 e. The minimum atomic E-state index is -1.25. The Hall–Kier alpha value is -5.66. The van der Waals surface area contributed by atoms with Gasteiger partial charge in [0.2, 0.25) is 11.8 Å². The van der Waals surface area contributed by atoms with Crippen molar-refractivity contribution in [2.75, 3.05) is 13.2 Å². The van der Waals surface area contributed by atoms with E-state index in [1.54, 1.807) is 13.8 Å². The molecule has 216 valence electrons. The standard InChI is InChI=1S/C28H24N4O10/c1-5-39-17-9-15-19(7-13(17)27(35)36)41-25-22(30-12(4)34)24-26(21(23(25)31-15)29-11(3)33)42-20-8-14(28(37)38)18(40-6-2)10-16(20)32-24/h7-10,31-32H,5-6H2,1-4H3,(H,35,36)(H,37,38). The summed E-state index contributed by atoms with van der Waals surface area (Å²) >= 11 is 0. The minimum Gasteiger partial charge on any atom is -0.493 e. The number of hydrogen-bond donors (Lipinski definition) is 4. The van der Waals surface area contributed by atoms with Crippen molar-refractivity contribution in [3.05, 3.63) is 46.1 Å². The Morgan fingerprint density at radius 2 is 1.10 bits per heavy atom. The van der Waals surface area contributed by atoms with E-state index < -0.39 is 23.8 Å². The monoisotopic (exact) mass is 576 g/mol. The van der Waals surface area contributed by atoms with E-state index in [2.05, 4.69) is 20.0 Å². The Labute approximate surface area is 234 Å². The van der Waals surface area contributed by atoms with E-state index in [1.165, 1.54) is 38.1 Å². The molecule has 14 nitrogen and oxygen atoms in total. The van der Waals surface area contributed by atoms with E-state index >= 15 is 0 Å². The number of aromatic carboxylic acids is 2. The molecule has 4 N–H and O–H groups in total. The third kappa shape index (κ3) is 4.89. The number of ether oxygens (including phenoxy) is 2. The van der Waals surface area contributed by atoms with Crippen molar-refractivity contribution in [2.45, 2.75) is 27.7 Å². The first kappa shape index (κ1) is 27.9. The average Bonchev–Trinajstić information content (AvgIpc) is 2.92. The lowest BCUT2D eigenvalue weighted by Gasteiger charge is -2.12. The number of rotatable bonds is 6. The number of nitrogens with one attached hydrogen (secondary N) is 2. The molecule has 2 amide bonds. The van der Waals surface area contributed by atoms with Crippen LogP contribution in [0.5, 0.6) is 11.5 Å². The number of carbonyl (C=O) groups is 4. The Kier molecular flexibility index (Phi) is 7.12. The lowest BCUT2D eigenvalue weighted by molar-refractivity contribution is -0.116. The van der Waals surface area contributed by atoms with E-state index in [0.29, 0.717) is 0 Å². The number of hydrogen-bond acceptors (Lipinski definition) is 8. The molecule has 0 radical (unpaired) electrons. The molecule has 5 rings (SSSR count). The SMILES string of the molecule is CCOc1cc2[nH]c3c(=NC(C)=O)c4oc5cc(C(=O)O)c(OCC)cc5[nH]c4c(=NC(C)=O)c3oc2cc1C(=O)O. The number of amides is 2. The van der Waals surface area contributed by atoms with E-state index in [4.69, 9.17) is 18.3 Å². The highest BCUT2D eigenvalue weighted by Crippen LogP contribution is 2.29. The van der Waals surface area contributed by atoms with Crippen molar-refractivity contribution in [1.82, 2.24) is 9.97 Å². The Bertz CT molecular complexity index is 1990. The zero-order chi connectivity index (χ0) is 30.3. The summed E-state index contributed by atoms with van der Waals surface area (Å²) in [5, 5.41) is 19.4. The van der Waals surface area contributed by atoms with Crippen molar-refractivity contribution < 1.29 is 47.7 Å². The molecule has 0 aliphatic rings. The van der Waals surface area contributed by atoms with Gasteiger partial charge in [0.05, 0.1) is 24.2 Å². The van der Waals surface area contributed by atoms with Gasteiger partial charge in [0.1, 0.15) is 44.4 Å². The Morgan fingerprint density at radius 1 is 0.714 bits per heavy atom. The van der Waals surface area contributed by atoms with Crippen LogP contribution >= 0.6 is 0 Å². The minimum absolute atomic E-state index is 0.0372. The fourth-order valence-electron chi connectivity index (χ4n) is 4.50. The highest BCUT2D eigenvalue weighted by Gasteiger charge is 2.21. The van der Waals surface area contributed by atoms with E-state index in [-0.39, 0.29) is 91.0 Å². The second kappa shape index (κ2) is 10.7. The lowest BCUT2D eigenvalue weighted by Crippen LogP contribution is -2.20. The summed E-state index contributed by atoms with van der Waals surface area (Å²) in [6, 6.07) is 5.37. The van der Waals surface area contributed by atoms with Crippen molar-refractivity contribution in [2.24, 2.45) is 9.98 Å². The molecule has 5 aromatic rings. The second-order valence-electron chi connectivity index (χ2n) is 8.99. The van der Waals surface area contributed by atoms with Gasteiger partial charge in [-0.25, -0.2) is 19.6 Å². The summed E-state index contributed by atoms with van der Waals surface area (Å²) in [6.07, 6.45) is 0. The van der Waals surface area contributed by atoms with Crippen LogP contribution < -0.4 is 20.2 Å². The number of carbonyl (C=O) groups excluding carboxylic acids is 2. The van der Waals surface area contributed by atoms with Crippen molar-refractivity contribution >= 4 is 68.2 Å². The maximum atomic E-state index is 12.3. The summed E-state index contributed by atoms with van der Waals surface area (Å²) in [4.78, 5) is 62.8. The van der Waals surface area contributed by atoms with Gasteiger partial charge in [-0.15, -0.1) is 0 Å². The number of aromatic nitrogens is 2. The van der Waals surface area contributed by atoms with Gasteiger partial charge in [-0.05, 0) is 13.8 Å². The van der Waals surface area contributed by atoms with E-state index in [9.17, 15) is 29.4 Å². The quantitative estimate of drug-likeness (QED) is 0.215. The number of carboxylic acids is 2. The first-order valence-electron chi connectivity index (χ1n) is 12.7. The molecule has 0 saturated carbocycles. The van der Waals surface area contributed by atoms with Crippen LogP contribution in [-0.2, 0) is 9.59 Å². The summed E-state index contributed by atoms with van der Waals surface area (Å²) in [5.74, 6) is -3.58. The summed E-state index contributed by atoms with van der Waals surface area (Å²) in [6.45, 7) is 6.23. The third-order valence-electron chi connectivity index (χ3n) is 6.06. The topological polar surface area (TPSA) is 210 Å². The molecule has 0 aliphatic carbocycles. The molecule has 42 heavy (non-hydrogen) atoms. The number of aromatic amines is 2. The van der Waals surface area contributed by atoms with Gasteiger partial charge < -0.3 is 38.5 Å². The molecule has 0 spiro atoms. The average molecular weight is 577 g/mol. The third-order valence-corrected chi connectivity index (χ3v) is 6.06. The highest BCUT2D eigenvalue weighted by molar-refractivity contribution is 6.00. The Morgan fingerprint density at radius 3 is 1.40 bits per heavy atom. The molecule has 0 unspecified atom stereocenters. The molecule has 0 bridgehead atoms. The number of carboxylic acid groups (broad SMARTS) is 2. The van der Waals surface area contributed by atoms with Crippen molar-refractivity contribution in [3.63, 3.8) is 0 Å². The molecule has 2 heterocycles. The molecule has 0 saturated heterocycles. The smallest absolute Gasteiger partial charge is 0.339 e. The molecule has 3 aromatic carbocycles. The van der Waals surface area contributed by atoms with Crippen LogP contribution in [0, 0.1) is 0 Å². The zero-order valence-electron chi connectivity index (χ0n) is 22.8. The first-order chi connectivity index (χ1) is 20.0. The predicted molar refractivity (Wildman–Crippen MR) is 147 cm³/mol. The number of nitrogens with zero attached hydrogens (tertiary/aromatic N) is 2. The normalized spacial score (nSPS) is 12.4. The lowest BCUT2D eigenvalue weighted by atomic mass is 10.1. The molecule has 0 fully saturated rings. The van der Waals surface area contributed by atoms with Gasteiger partial charge in [-0.2, -0.15) is 0 Å². The fourth-order valence-corrected chi connectivity index (χ4v) is 4.50. The van der Waals surface area contributed by atoms with Gasteiger partial charge in [-0.1, -0.05) is 0 Å². The molecular formula is C28H24N4O10. The number of fused-ring (bicyclic) bond motifs is 4.